The number of methoxy groups -OCH3 is 1. The largest absolute Gasteiger partial charge is 0.497 e. The number of carbonyl (C=O) groups excluding carboxylic acids is 1. The van der Waals surface area contributed by atoms with Crippen LogP contribution in [0.5, 0.6) is 11.5 Å². The average Bonchev–Trinajstić information content (AvgIpc) is 3.04. The zero-order valence-corrected chi connectivity index (χ0v) is 18.3. The van der Waals surface area contributed by atoms with Crippen LogP contribution in [0.15, 0.2) is 65.0 Å². The number of hydrogen-bond acceptors (Lipinski definition) is 6. The molecule has 3 aromatic rings. The quantitative estimate of drug-likeness (QED) is 0.496. The van der Waals surface area contributed by atoms with Gasteiger partial charge in [-0.05, 0) is 49.4 Å². The number of hydrogen-bond donors (Lipinski definition) is 0. The predicted molar refractivity (Wildman–Crippen MR) is 117 cm³/mol. The molecule has 3 rings (SSSR count). The van der Waals surface area contributed by atoms with Gasteiger partial charge in [-0.1, -0.05) is 17.4 Å². The highest BCUT2D eigenvalue weighted by molar-refractivity contribution is 7.92. The topological polar surface area (TPSA) is 87.0 Å². The summed E-state index contributed by atoms with van der Waals surface area (Å²) in [6.07, 6.45) is 1.69. The second-order valence-corrected chi connectivity index (χ2v) is 9.29. The molecule has 0 bridgehead atoms. The van der Waals surface area contributed by atoms with Crippen molar-refractivity contribution in [3.8, 4) is 11.5 Å². The number of carbonyl (C=O) groups is 1. The first-order valence-corrected chi connectivity index (χ1v) is 11.7. The summed E-state index contributed by atoms with van der Waals surface area (Å²) in [6, 6.07) is 11.5. The smallest absolute Gasteiger partial charge is 0.263 e. The zero-order valence-electron chi connectivity index (χ0n) is 16.7. The van der Waals surface area contributed by atoms with Gasteiger partial charge in [0.1, 0.15) is 17.3 Å². The van der Waals surface area contributed by atoms with Crippen LogP contribution in [0.2, 0.25) is 0 Å². The summed E-state index contributed by atoms with van der Waals surface area (Å²) in [5, 5.41) is 0. The highest BCUT2D eigenvalue weighted by Gasteiger charge is 2.19. The Morgan fingerprint density at radius 1 is 1.20 bits per heavy atom. The van der Waals surface area contributed by atoms with E-state index < -0.39 is 21.5 Å². The number of sulfone groups is 1. The minimum Gasteiger partial charge on any atom is -0.497 e. The SMILES string of the molecule is C=CCn1c(=NC(=O)CS(=O)(=O)c2ccc(OC)cc2)sc2cc(OCC)ccc21. The third-order valence-corrected chi connectivity index (χ3v) is 6.89. The molecule has 0 radical (unpaired) electrons. The molecule has 1 amide bonds. The summed E-state index contributed by atoms with van der Waals surface area (Å²) in [5.41, 5.74) is 0.868. The van der Waals surface area contributed by atoms with Crippen molar-refractivity contribution in [3.05, 3.63) is 59.9 Å². The first kappa shape index (κ1) is 21.8. The van der Waals surface area contributed by atoms with Crippen LogP contribution in [-0.4, -0.2) is 38.4 Å². The number of thiazole rings is 1. The molecule has 0 N–H and O–H groups in total. The van der Waals surface area contributed by atoms with Crippen LogP contribution >= 0.6 is 11.3 Å². The Labute approximate surface area is 178 Å². The lowest BCUT2D eigenvalue weighted by Gasteiger charge is -2.04. The van der Waals surface area contributed by atoms with E-state index in [-0.39, 0.29) is 4.90 Å². The van der Waals surface area contributed by atoms with Gasteiger partial charge in [0.15, 0.2) is 14.6 Å². The van der Waals surface area contributed by atoms with Crippen LogP contribution < -0.4 is 14.3 Å². The number of rotatable bonds is 8. The number of allylic oxidation sites excluding steroid dienone is 1. The zero-order chi connectivity index (χ0) is 21.7. The Balaban J connectivity index is 1.94. The number of benzene rings is 2. The fraction of sp³-hybridized carbons (Fsp3) is 0.238. The lowest BCUT2D eigenvalue weighted by Crippen LogP contribution is -2.20. The van der Waals surface area contributed by atoms with E-state index in [2.05, 4.69) is 11.6 Å². The first-order valence-electron chi connectivity index (χ1n) is 9.19. The van der Waals surface area contributed by atoms with Crippen molar-refractivity contribution in [3.63, 3.8) is 0 Å². The van der Waals surface area contributed by atoms with E-state index in [9.17, 15) is 13.2 Å². The van der Waals surface area contributed by atoms with E-state index in [1.54, 1.807) is 6.08 Å². The van der Waals surface area contributed by atoms with Gasteiger partial charge in [-0.3, -0.25) is 4.79 Å². The number of nitrogens with zero attached hydrogens (tertiary/aromatic N) is 2. The van der Waals surface area contributed by atoms with Crippen LogP contribution in [0, 0.1) is 0 Å². The molecule has 158 valence electrons. The van der Waals surface area contributed by atoms with Gasteiger partial charge in [0.05, 0.1) is 28.8 Å². The van der Waals surface area contributed by atoms with Crippen LogP contribution in [0.25, 0.3) is 10.2 Å². The molecule has 0 fully saturated rings. The molecular weight excluding hydrogens is 424 g/mol. The molecule has 1 aromatic heterocycles. The fourth-order valence-corrected chi connectivity index (χ4v) is 5.06. The molecule has 0 aliphatic heterocycles. The second-order valence-electron chi connectivity index (χ2n) is 6.29. The molecule has 0 saturated carbocycles. The lowest BCUT2D eigenvalue weighted by molar-refractivity contribution is -0.115. The highest BCUT2D eigenvalue weighted by atomic mass is 32.2. The van der Waals surface area contributed by atoms with Crippen molar-refractivity contribution >= 4 is 37.3 Å². The Kier molecular flexibility index (Phi) is 6.73. The summed E-state index contributed by atoms with van der Waals surface area (Å²) in [6.45, 7) is 6.63. The van der Waals surface area contributed by atoms with Crippen molar-refractivity contribution in [2.45, 2.75) is 18.4 Å². The molecule has 0 atom stereocenters. The van der Waals surface area contributed by atoms with Gasteiger partial charge < -0.3 is 14.0 Å². The van der Waals surface area contributed by atoms with Crippen molar-refractivity contribution in [1.82, 2.24) is 4.57 Å². The van der Waals surface area contributed by atoms with Crippen molar-refractivity contribution < 1.29 is 22.7 Å². The standard InChI is InChI=1S/C21H22N2O5S2/c1-4-12-23-18-11-8-16(28-5-2)13-19(18)29-21(23)22-20(24)14-30(25,26)17-9-6-15(27-3)7-10-17/h4,6-11,13H,1,5,12,14H2,2-3H3. The van der Waals surface area contributed by atoms with Gasteiger partial charge in [0.2, 0.25) is 0 Å². The maximum Gasteiger partial charge on any atom is 0.263 e. The van der Waals surface area contributed by atoms with Crippen LogP contribution in [0.1, 0.15) is 6.92 Å². The van der Waals surface area contributed by atoms with Crippen molar-refractivity contribution in [2.75, 3.05) is 19.5 Å². The van der Waals surface area contributed by atoms with E-state index in [1.807, 2.05) is 29.7 Å². The summed E-state index contributed by atoms with van der Waals surface area (Å²) in [5.74, 6) is -0.199. The Morgan fingerprint density at radius 2 is 1.90 bits per heavy atom. The minimum atomic E-state index is -3.82. The fourth-order valence-electron chi connectivity index (χ4n) is 2.87. The van der Waals surface area contributed by atoms with E-state index in [4.69, 9.17) is 9.47 Å². The molecular formula is C21H22N2O5S2. The molecule has 0 unspecified atom stereocenters. The molecule has 9 heteroatoms. The van der Waals surface area contributed by atoms with Crippen LogP contribution in [-0.2, 0) is 21.2 Å². The van der Waals surface area contributed by atoms with Gasteiger partial charge in [0, 0.05) is 6.54 Å². The Bertz CT molecular complexity index is 1240. The van der Waals surface area contributed by atoms with Gasteiger partial charge in [-0.25, -0.2) is 8.42 Å². The molecule has 7 nitrogen and oxygen atoms in total. The number of fused-ring (bicyclic) bond motifs is 1. The number of amides is 1. The summed E-state index contributed by atoms with van der Waals surface area (Å²) >= 11 is 1.30. The third-order valence-electron chi connectivity index (χ3n) is 4.23. The highest BCUT2D eigenvalue weighted by Crippen LogP contribution is 2.23. The van der Waals surface area contributed by atoms with Crippen LogP contribution in [0.3, 0.4) is 0 Å². The number of ether oxygens (including phenoxy) is 2. The van der Waals surface area contributed by atoms with Gasteiger partial charge in [-0.15, -0.1) is 6.58 Å². The number of aromatic nitrogens is 1. The predicted octanol–water partition coefficient (Wildman–Crippen LogP) is 3.20. The van der Waals surface area contributed by atoms with Gasteiger partial charge >= 0.3 is 0 Å². The molecule has 0 aliphatic carbocycles. The molecule has 1 heterocycles. The first-order chi connectivity index (χ1) is 14.4. The van der Waals surface area contributed by atoms with E-state index in [1.165, 1.54) is 42.7 Å². The van der Waals surface area contributed by atoms with Gasteiger partial charge in [0.25, 0.3) is 5.91 Å². The monoisotopic (exact) mass is 446 g/mol. The van der Waals surface area contributed by atoms with E-state index in [0.29, 0.717) is 23.7 Å². The maximum atomic E-state index is 12.6. The third kappa shape index (κ3) is 4.80. The average molecular weight is 447 g/mol. The Hall–Kier alpha value is -2.91. The molecule has 0 saturated heterocycles. The van der Waals surface area contributed by atoms with E-state index in [0.717, 1.165) is 16.0 Å². The molecule has 2 aromatic carbocycles. The maximum absolute atomic E-state index is 12.6. The lowest BCUT2D eigenvalue weighted by atomic mass is 10.3. The second kappa shape index (κ2) is 9.27. The summed E-state index contributed by atoms with van der Waals surface area (Å²) in [4.78, 5) is 17.0. The van der Waals surface area contributed by atoms with Gasteiger partial charge in [-0.2, -0.15) is 4.99 Å². The molecule has 0 spiro atoms. The minimum absolute atomic E-state index is 0.0449. The molecule has 30 heavy (non-hydrogen) atoms. The summed E-state index contributed by atoms with van der Waals surface area (Å²) in [7, 11) is -2.32. The Morgan fingerprint density at radius 3 is 2.53 bits per heavy atom. The van der Waals surface area contributed by atoms with Crippen LogP contribution in [0.4, 0.5) is 0 Å². The van der Waals surface area contributed by atoms with Crippen molar-refractivity contribution in [1.29, 1.82) is 0 Å². The normalized spacial score (nSPS) is 12.1. The van der Waals surface area contributed by atoms with Crippen molar-refractivity contribution in [2.24, 2.45) is 4.99 Å². The summed E-state index contributed by atoms with van der Waals surface area (Å²) < 4.78 is 38.4. The van der Waals surface area contributed by atoms with E-state index >= 15 is 0 Å². The molecule has 0 aliphatic rings.